The largest absolute Gasteiger partial charge is 0.309 e. The first-order valence-electron chi connectivity index (χ1n) is 23.7. The van der Waals surface area contributed by atoms with E-state index in [1.165, 1.54) is 75.1 Å². The van der Waals surface area contributed by atoms with Crippen LogP contribution < -0.4 is 0 Å². The Morgan fingerprint density at radius 1 is 0.393 bits per heavy atom. The molecule has 56 heavy (non-hydrogen) atoms. The van der Waals surface area contributed by atoms with Crippen LogP contribution in [0.3, 0.4) is 0 Å². The second kappa shape index (κ2) is 13.2. The highest BCUT2D eigenvalue weighted by atomic mass is 32.1. The van der Waals surface area contributed by atoms with Gasteiger partial charge in [-0.15, -0.1) is 11.3 Å². The van der Waals surface area contributed by atoms with Crippen LogP contribution in [0.2, 0.25) is 0 Å². The van der Waals surface area contributed by atoms with Crippen LogP contribution in [0, 0.1) is 71.0 Å². The van der Waals surface area contributed by atoms with E-state index in [4.69, 9.17) is 0 Å². The molecule has 288 valence electrons. The van der Waals surface area contributed by atoms with Gasteiger partial charge in [0.05, 0.1) is 11.0 Å². The third kappa shape index (κ3) is 4.96. The minimum Gasteiger partial charge on any atom is -0.309 e. The number of benzene rings is 4. The van der Waals surface area contributed by atoms with Crippen molar-refractivity contribution in [1.29, 1.82) is 0 Å². The molecular formula is C54H61NS. The van der Waals surface area contributed by atoms with Gasteiger partial charge >= 0.3 is 0 Å². The van der Waals surface area contributed by atoms with Crippen LogP contribution >= 0.6 is 11.3 Å². The van der Waals surface area contributed by atoms with Crippen molar-refractivity contribution < 1.29 is 0 Å². The Kier molecular flexibility index (Phi) is 7.98. The molecule has 6 aromatic rings. The molecule has 13 unspecified atom stereocenters. The summed E-state index contributed by atoms with van der Waals surface area (Å²) in [6, 6.07) is 32.7. The Hall–Kier alpha value is -3.10. The summed E-state index contributed by atoms with van der Waals surface area (Å²) in [5.41, 5.74) is 5.58. The maximum Gasteiger partial charge on any atom is 0.0541 e. The highest BCUT2D eigenvalue weighted by molar-refractivity contribution is 7.26. The zero-order valence-electron chi connectivity index (χ0n) is 33.5. The van der Waals surface area contributed by atoms with E-state index < -0.39 is 0 Å². The van der Waals surface area contributed by atoms with E-state index in [0.717, 1.165) is 76.9 Å². The first-order valence-corrected chi connectivity index (χ1v) is 24.5. The Bertz CT molecular complexity index is 2390. The van der Waals surface area contributed by atoms with Crippen LogP contribution in [-0.4, -0.2) is 4.57 Å². The van der Waals surface area contributed by atoms with Gasteiger partial charge in [-0.2, -0.15) is 0 Å². The number of thiophene rings is 1. The van der Waals surface area contributed by atoms with Crippen LogP contribution in [0.5, 0.6) is 0 Å². The van der Waals surface area contributed by atoms with Gasteiger partial charge in [-0.25, -0.2) is 0 Å². The lowest BCUT2D eigenvalue weighted by Crippen LogP contribution is -2.57. The monoisotopic (exact) mass is 755 g/mol. The Morgan fingerprint density at radius 2 is 0.875 bits per heavy atom. The lowest BCUT2D eigenvalue weighted by atomic mass is 9.40. The van der Waals surface area contributed by atoms with Crippen molar-refractivity contribution in [3.63, 3.8) is 0 Å². The Morgan fingerprint density at radius 3 is 1.45 bits per heavy atom. The minimum atomic E-state index is 0.723. The lowest BCUT2D eigenvalue weighted by molar-refractivity contribution is -0.155. The van der Waals surface area contributed by atoms with Crippen molar-refractivity contribution in [3.8, 4) is 5.69 Å². The van der Waals surface area contributed by atoms with Gasteiger partial charge in [0, 0.05) is 36.6 Å². The molecule has 7 aliphatic carbocycles. The fourth-order valence-corrected chi connectivity index (χ4v) is 18.3. The van der Waals surface area contributed by atoms with E-state index in [0.29, 0.717) is 0 Å². The van der Waals surface area contributed by atoms with Crippen molar-refractivity contribution in [2.75, 3.05) is 0 Å². The molecule has 0 aliphatic heterocycles. The predicted molar refractivity (Wildman–Crippen MR) is 237 cm³/mol. The highest BCUT2D eigenvalue weighted by Crippen LogP contribution is 2.68. The van der Waals surface area contributed by atoms with Crippen LogP contribution in [0.25, 0.3) is 47.7 Å². The molecule has 0 bridgehead atoms. The number of para-hydroxylation sites is 2. The zero-order valence-corrected chi connectivity index (χ0v) is 34.3. The van der Waals surface area contributed by atoms with Gasteiger partial charge in [-0.05, 0) is 183 Å². The van der Waals surface area contributed by atoms with Gasteiger partial charge in [0.1, 0.15) is 0 Å². The van der Waals surface area contributed by atoms with Crippen molar-refractivity contribution in [3.05, 3.63) is 90.5 Å². The molecule has 13 rings (SSSR count). The number of fused-ring (bicyclic) bond motifs is 18. The average Bonchev–Trinajstić information content (AvgIpc) is 3.81. The second-order valence-electron chi connectivity index (χ2n) is 20.7. The van der Waals surface area contributed by atoms with Gasteiger partial charge < -0.3 is 4.57 Å². The molecule has 0 amide bonds. The number of aromatic nitrogens is 1. The molecule has 2 heterocycles. The molecule has 7 aliphatic rings. The standard InChI is InChI=1S/C54H61NS/c1-3-14-37-35(12-1)36-13-2-4-15-38(36)47-31-49-41-26-24-32(28-45(41)39-16-5-6-17-40(39)48(49)30-46(37)47)34-20-11-21-44-50-29-33(25-27-53(50)56-54(34)44)55-51-22-9-7-18-42(51)43-19-8-10-23-52(43)55/h7-11,18-23,25,27,29,32,35-41,45-49H,1-6,12-17,24,26,28,30-31H2. The van der Waals surface area contributed by atoms with Crippen LogP contribution in [-0.2, 0) is 0 Å². The topological polar surface area (TPSA) is 4.93 Å². The third-order valence-corrected chi connectivity index (χ3v) is 20.1. The van der Waals surface area contributed by atoms with E-state index in [2.05, 4.69) is 101 Å². The quantitative estimate of drug-likeness (QED) is 0.166. The third-order valence-electron chi connectivity index (χ3n) is 18.9. The summed E-state index contributed by atoms with van der Waals surface area (Å²) >= 11 is 2.09. The molecule has 13 atom stereocenters. The summed E-state index contributed by atoms with van der Waals surface area (Å²) in [6.45, 7) is 0. The highest BCUT2D eigenvalue weighted by Gasteiger charge is 2.60. The summed E-state index contributed by atoms with van der Waals surface area (Å²) in [4.78, 5) is 0. The smallest absolute Gasteiger partial charge is 0.0541 e. The molecule has 2 heteroatoms. The lowest BCUT2D eigenvalue weighted by Gasteiger charge is -2.65. The van der Waals surface area contributed by atoms with E-state index in [1.807, 2.05) is 0 Å². The second-order valence-corrected chi connectivity index (χ2v) is 21.7. The number of rotatable bonds is 2. The first-order chi connectivity index (χ1) is 27.8. The fraction of sp³-hybridized carbons (Fsp3) is 0.556. The number of nitrogens with zero attached hydrogens (tertiary/aromatic N) is 1. The van der Waals surface area contributed by atoms with E-state index in [9.17, 15) is 0 Å². The molecule has 1 nitrogen and oxygen atoms in total. The number of hydrogen-bond donors (Lipinski definition) is 0. The molecule has 2 aromatic heterocycles. The van der Waals surface area contributed by atoms with Crippen LogP contribution in [0.1, 0.15) is 121 Å². The van der Waals surface area contributed by atoms with Gasteiger partial charge in [-0.1, -0.05) is 93.1 Å². The molecule has 0 radical (unpaired) electrons. The zero-order chi connectivity index (χ0) is 36.5. The maximum atomic E-state index is 2.57. The summed E-state index contributed by atoms with van der Waals surface area (Å²) in [7, 11) is 0. The maximum absolute atomic E-state index is 2.57. The Labute approximate surface area is 338 Å². The summed E-state index contributed by atoms with van der Waals surface area (Å²) in [5.74, 6) is 13.4. The number of hydrogen-bond acceptors (Lipinski definition) is 1. The van der Waals surface area contributed by atoms with E-state index in [1.54, 1.807) is 87.3 Å². The van der Waals surface area contributed by atoms with Crippen molar-refractivity contribution in [2.45, 2.75) is 115 Å². The van der Waals surface area contributed by atoms with Crippen molar-refractivity contribution in [1.82, 2.24) is 4.57 Å². The summed E-state index contributed by atoms with van der Waals surface area (Å²) < 4.78 is 5.54. The molecule has 7 saturated carbocycles. The molecule has 7 fully saturated rings. The molecular weight excluding hydrogens is 695 g/mol. The van der Waals surface area contributed by atoms with Gasteiger partial charge in [-0.3, -0.25) is 0 Å². The first kappa shape index (κ1) is 33.8. The normalized spacial score (nSPS) is 38.0. The van der Waals surface area contributed by atoms with Crippen LogP contribution in [0.15, 0.2) is 84.9 Å². The fourth-order valence-electron chi connectivity index (χ4n) is 17.1. The predicted octanol–water partition coefficient (Wildman–Crippen LogP) is 15.4. The van der Waals surface area contributed by atoms with Crippen LogP contribution in [0.4, 0.5) is 0 Å². The molecule has 0 saturated heterocycles. The van der Waals surface area contributed by atoms with Gasteiger partial charge in [0.15, 0.2) is 0 Å². The van der Waals surface area contributed by atoms with E-state index in [-0.39, 0.29) is 0 Å². The summed E-state index contributed by atoms with van der Waals surface area (Å²) in [5, 5.41) is 5.62. The van der Waals surface area contributed by atoms with Gasteiger partial charge in [0.2, 0.25) is 0 Å². The SMILES string of the molecule is c1cc(C2CCC3C(C2)C2CCCCC2C2CC4C5CCCCC5C5CCCCC5C4CC32)c2sc3ccc(-n4c5ccccc5c5ccccc54)cc3c2c1. The minimum absolute atomic E-state index is 0.723. The van der Waals surface area contributed by atoms with Gasteiger partial charge in [0.25, 0.3) is 0 Å². The van der Waals surface area contributed by atoms with Crippen molar-refractivity contribution >= 4 is 53.3 Å². The molecule has 0 spiro atoms. The Balaban J connectivity index is 0.842. The molecule has 0 N–H and O–H groups in total. The molecule has 4 aromatic carbocycles. The van der Waals surface area contributed by atoms with E-state index >= 15 is 0 Å². The van der Waals surface area contributed by atoms with Crippen molar-refractivity contribution in [2.24, 2.45) is 71.0 Å². The summed E-state index contributed by atoms with van der Waals surface area (Å²) in [6.07, 6.45) is 26.4. The average molecular weight is 756 g/mol.